The van der Waals surface area contributed by atoms with Crippen LogP contribution in [0.4, 0.5) is 17.1 Å². The van der Waals surface area contributed by atoms with Crippen molar-refractivity contribution in [2.45, 2.75) is 0 Å². The zero-order valence-electron chi connectivity index (χ0n) is 12.3. The van der Waals surface area contributed by atoms with Gasteiger partial charge in [0.2, 0.25) is 5.91 Å². The molecule has 0 bridgehead atoms. The summed E-state index contributed by atoms with van der Waals surface area (Å²) in [5.41, 5.74) is 0.707. The number of non-ortho nitro benzene ring substituents is 1. The molecule has 8 nitrogen and oxygen atoms in total. The average molecular weight is 325 g/mol. The summed E-state index contributed by atoms with van der Waals surface area (Å²) >= 11 is 0. The summed E-state index contributed by atoms with van der Waals surface area (Å²) < 4.78 is 0. The molecule has 0 aromatic heterocycles. The Hall–Kier alpha value is -3.55. The van der Waals surface area contributed by atoms with E-state index in [0.717, 1.165) is 4.90 Å². The van der Waals surface area contributed by atoms with Crippen molar-refractivity contribution in [3.8, 4) is 0 Å². The topological polar surface area (TPSA) is 110 Å². The Morgan fingerprint density at radius 2 is 1.88 bits per heavy atom. The van der Waals surface area contributed by atoms with E-state index in [0.29, 0.717) is 5.69 Å². The molecule has 1 aliphatic heterocycles. The number of hydrogen-bond donors (Lipinski definition) is 1. The largest absolute Gasteiger partial charge is 0.324 e. The van der Waals surface area contributed by atoms with E-state index in [4.69, 9.17) is 0 Å². The molecule has 0 saturated heterocycles. The number of nitro groups is 1. The van der Waals surface area contributed by atoms with E-state index in [1.165, 1.54) is 30.3 Å². The molecule has 120 valence electrons. The first-order chi connectivity index (χ1) is 11.5. The summed E-state index contributed by atoms with van der Waals surface area (Å²) in [6.07, 6.45) is 0. The van der Waals surface area contributed by atoms with Gasteiger partial charge < -0.3 is 5.32 Å². The van der Waals surface area contributed by atoms with Gasteiger partial charge in [0.1, 0.15) is 6.54 Å². The highest BCUT2D eigenvalue weighted by Crippen LogP contribution is 2.28. The first-order valence-corrected chi connectivity index (χ1v) is 6.97. The minimum absolute atomic E-state index is 0.162. The molecule has 0 spiro atoms. The molecule has 1 N–H and O–H groups in total. The van der Waals surface area contributed by atoms with Crippen LogP contribution in [0.1, 0.15) is 10.4 Å². The Balaban J connectivity index is 1.76. The average Bonchev–Trinajstić information content (AvgIpc) is 2.80. The lowest BCUT2D eigenvalue weighted by atomic mass is 10.1. The number of nitro benzene ring substituents is 1. The summed E-state index contributed by atoms with van der Waals surface area (Å²) in [6.45, 7) is -0.357. The first kappa shape index (κ1) is 15.3. The maximum Gasteiger partial charge on any atom is 0.299 e. The highest BCUT2D eigenvalue weighted by Gasteiger charge is 2.36. The fraction of sp³-hybridized carbons (Fsp3) is 0.0625. The molecule has 0 atom stereocenters. The van der Waals surface area contributed by atoms with Crippen LogP contribution in [0.5, 0.6) is 0 Å². The third kappa shape index (κ3) is 2.72. The van der Waals surface area contributed by atoms with Gasteiger partial charge in [-0.15, -0.1) is 0 Å². The molecule has 0 unspecified atom stereocenters. The molecule has 8 heteroatoms. The van der Waals surface area contributed by atoms with Gasteiger partial charge in [-0.1, -0.05) is 18.2 Å². The Labute approximate surface area is 135 Å². The number of ketones is 1. The number of Topliss-reactive ketones (excluding diaryl/α,β-unsaturated/α-hetero) is 1. The predicted octanol–water partition coefficient (Wildman–Crippen LogP) is 1.76. The molecular formula is C16H11N3O5. The quantitative estimate of drug-likeness (QED) is 0.523. The minimum Gasteiger partial charge on any atom is -0.324 e. The zero-order valence-corrected chi connectivity index (χ0v) is 12.3. The van der Waals surface area contributed by atoms with Crippen molar-refractivity contribution in [3.05, 3.63) is 64.2 Å². The summed E-state index contributed by atoms with van der Waals surface area (Å²) in [6, 6.07) is 11.8. The lowest BCUT2D eigenvalue weighted by Gasteiger charge is -2.15. The number of para-hydroxylation sites is 1. The number of rotatable bonds is 4. The Bertz CT molecular complexity index is 878. The third-order valence-corrected chi connectivity index (χ3v) is 3.52. The highest BCUT2D eigenvalue weighted by atomic mass is 16.6. The minimum atomic E-state index is -0.773. The summed E-state index contributed by atoms with van der Waals surface area (Å²) in [5, 5.41) is 13.2. The van der Waals surface area contributed by atoms with Gasteiger partial charge in [-0.2, -0.15) is 0 Å². The van der Waals surface area contributed by atoms with Crippen LogP contribution < -0.4 is 10.2 Å². The van der Waals surface area contributed by atoms with Crippen LogP contribution >= 0.6 is 0 Å². The molecule has 2 amide bonds. The van der Waals surface area contributed by atoms with Gasteiger partial charge in [0.05, 0.1) is 16.2 Å². The monoisotopic (exact) mass is 325 g/mol. The SMILES string of the molecule is O=C(CN1C(=O)C(=O)c2ccccc21)Nc1cccc([N+](=O)[O-])c1. The number of nitrogens with zero attached hydrogens (tertiary/aromatic N) is 2. The van der Waals surface area contributed by atoms with Gasteiger partial charge in [-0.25, -0.2) is 0 Å². The molecule has 2 aromatic carbocycles. The van der Waals surface area contributed by atoms with Crippen molar-refractivity contribution in [1.29, 1.82) is 0 Å². The number of carbonyl (C=O) groups is 3. The lowest BCUT2D eigenvalue weighted by Crippen LogP contribution is -2.37. The molecule has 0 aliphatic carbocycles. The van der Waals surface area contributed by atoms with Crippen LogP contribution in [-0.2, 0) is 9.59 Å². The van der Waals surface area contributed by atoms with E-state index < -0.39 is 22.5 Å². The Morgan fingerprint density at radius 3 is 2.62 bits per heavy atom. The van der Waals surface area contributed by atoms with Crippen LogP contribution in [0.25, 0.3) is 0 Å². The molecule has 0 radical (unpaired) electrons. The lowest BCUT2D eigenvalue weighted by molar-refractivity contribution is -0.384. The van der Waals surface area contributed by atoms with Crippen molar-refractivity contribution >= 4 is 34.7 Å². The van der Waals surface area contributed by atoms with Crippen LogP contribution in [0, 0.1) is 10.1 Å². The number of hydrogen-bond acceptors (Lipinski definition) is 5. The fourth-order valence-corrected chi connectivity index (χ4v) is 2.45. The number of nitrogens with one attached hydrogen (secondary N) is 1. The second kappa shape index (κ2) is 5.92. The van der Waals surface area contributed by atoms with Gasteiger partial charge >= 0.3 is 0 Å². The van der Waals surface area contributed by atoms with Crippen LogP contribution in [0.3, 0.4) is 0 Å². The zero-order chi connectivity index (χ0) is 17.3. The normalized spacial score (nSPS) is 12.9. The maximum atomic E-state index is 12.1. The van der Waals surface area contributed by atoms with E-state index in [1.54, 1.807) is 18.2 Å². The number of fused-ring (bicyclic) bond motifs is 1. The van der Waals surface area contributed by atoms with Gasteiger partial charge in [-0.05, 0) is 18.2 Å². The smallest absolute Gasteiger partial charge is 0.299 e. The Morgan fingerprint density at radius 1 is 1.12 bits per heavy atom. The van der Waals surface area contributed by atoms with E-state index in [2.05, 4.69) is 5.32 Å². The van der Waals surface area contributed by atoms with Crippen molar-refractivity contribution < 1.29 is 19.3 Å². The number of amides is 2. The third-order valence-electron chi connectivity index (χ3n) is 3.52. The molecular weight excluding hydrogens is 314 g/mol. The van der Waals surface area contributed by atoms with Crippen molar-refractivity contribution in [2.24, 2.45) is 0 Å². The molecule has 1 heterocycles. The highest BCUT2D eigenvalue weighted by molar-refractivity contribution is 6.52. The molecule has 0 saturated carbocycles. The molecule has 2 aromatic rings. The summed E-state index contributed by atoms with van der Waals surface area (Å²) in [4.78, 5) is 47.2. The fourth-order valence-electron chi connectivity index (χ4n) is 2.45. The standard InChI is InChI=1S/C16H11N3O5/c20-14(17-10-4-3-5-11(8-10)19(23)24)9-18-13-7-2-1-6-12(13)15(21)16(18)22/h1-8H,9H2,(H,17,20). The summed E-state index contributed by atoms with van der Waals surface area (Å²) in [7, 11) is 0. The number of benzene rings is 2. The second-order valence-corrected chi connectivity index (χ2v) is 5.09. The van der Waals surface area contributed by atoms with Crippen LogP contribution in [0.2, 0.25) is 0 Å². The van der Waals surface area contributed by atoms with Crippen LogP contribution in [-0.4, -0.2) is 29.1 Å². The summed E-state index contributed by atoms with van der Waals surface area (Å²) in [5.74, 6) is -1.99. The van der Waals surface area contributed by atoms with Gasteiger partial charge in [0.25, 0.3) is 17.4 Å². The Kier molecular flexibility index (Phi) is 3.78. The van der Waals surface area contributed by atoms with Crippen molar-refractivity contribution in [1.82, 2.24) is 0 Å². The van der Waals surface area contributed by atoms with E-state index in [9.17, 15) is 24.5 Å². The first-order valence-electron chi connectivity index (χ1n) is 6.97. The predicted molar refractivity (Wildman–Crippen MR) is 84.9 cm³/mol. The number of anilines is 2. The van der Waals surface area contributed by atoms with Gasteiger partial charge in [-0.3, -0.25) is 29.4 Å². The van der Waals surface area contributed by atoms with Crippen molar-refractivity contribution in [3.63, 3.8) is 0 Å². The second-order valence-electron chi connectivity index (χ2n) is 5.09. The van der Waals surface area contributed by atoms with E-state index >= 15 is 0 Å². The molecule has 1 aliphatic rings. The van der Waals surface area contributed by atoms with E-state index in [-0.39, 0.29) is 23.5 Å². The molecule has 0 fully saturated rings. The van der Waals surface area contributed by atoms with Crippen LogP contribution in [0.15, 0.2) is 48.5 Å². The molecule has 24 heavy (non-hydrogen) atoms. The van der Waals surface area contributed by atoms with Gasteiger partial charge in [0, 0.05) is 17.8 Å². The maximum absolute atomic E-state index is 12.1. The molecule has 3 rings (SSSR count). The van der Waals surface area contributed by atoms with E-state index in [1.807, 2.05) is 0 Å². The number of carbonyl (C=O) groups excluding carboxylic acids is 3. The van der Waals surface area contributed by atoms with Gasteiger partial charge in [0.15, 0.2) is 0 Å². The van der Waals surface area contributed by atoms with Crippen molar-refractivity contribution in [2.75, 3.05) is 16.8 Å².